The summed E-state index contributed by atoms with van der Waals surface area (Å²) in [6.45, 7) is 0.270. The Morgan fingerprint density at radius 3 is 2.82 bits per heavy atom. The number of aliphatic hydroxyl groups is 1. The van der Waals surface area contributed by atoms with Gasteiger partial charge in [0, 0.05) is 12.1 Å². The van der Waals surface area contributed by atoms with Crippen LogP contribution in [0.25, 0.3) is 11.3 Å². The summed E-state index contributed by atoms with van der Waals surface area (Å²) in [6, 6.07) is 9.00. The van der Waals surface area contributed by atoms with Crippen LogP contribution in [0.5, 0.6) is 0 Å². The van der Waals surface area contributed by atoms with Gasteiger partial charge in [0.25, 0.3) is 5.91 Å². The molecule has 116 valence electrons. The van der Waals surface area contributed by atoms with Crippen LogP contribution in [0.1, 0.15) is 36.2 Å². The van der Waals surface area contributed by atoms with E-state index >= 15 is 0 Å². The fourth-order valence-corrected chi connectivity index (χ4v) is 3.03. The van der Waals surface area contributed by atoms with E-state index in [0.717, 1.165) is 31.2 Å². The number of hydrogen-bond donors (Lipinski definition) is 3. The monoisotopic (exact) mass is 319 g/mol. The van der Waals surface area contributed by atoms with Crippen LogP contribution < -0.4 is 5.32 Å². The Morgan fingerprint density at radius 1 is 1.36 bits per heavy atom. The van der Waals surface area contributed by atoms with Crippen molar-refractivity contribution >= 4 is 17.5 Å². The number of hydrogen-bond acceptors (Lipinski definition) is 3. The first kappa shape index (κ1) is 15.1. The van der Waals surface area contributed by atoms with Gasteiger partial charge in [0.1, 0.15) is 5.69 Å². The van der Waals surface area contributed by atoms with Crippen LogP contribution >= 0.6 is 11.6 Å². The van der Waals surface area contributed by atoms with E-state index in [4.69, 9.17) is 11.6 Å². The molecule has 22 heavy (non-hydrogen) atoms. The minimum absolute atomic E-state index is 0.270. The number of nitrogens with one attached hydrogen (secondary N) is 2. The van der Waals surface area contributed by atoms with E-state index in [2.05, 4.69) is 15.5 Å². The summed E-state index contributed by atoms with van der Waals surface area (Å²) in [5, 5.41) is 20.5. The third-order valence-electron chi connectivity index (χ3n) is 4.08. The van der Waals surface area contributed by atoms with E-state index in [1.807, 2.05) is 18.2 Å². The van der Waals surface area contributed by atoms with Crippen molar-refractivity contribution in [2.45, 2.75) is 31.3 Å². The van der Waals surface area contributed by atoms with Crippen LogP contribution in [-0.4, -0.2) is 33.4 Å². The van der Waals surface area contributed by atoms with Crippen LogP contribution in [0, 0.1) is 0 Å². The summed E-state index contributed by atoms with van der Waals surface area (Å²) >= 11 is 6.13. The van der Waals surface area contributed by atoms with Gasteiger partial charge in [0.15, 0.2) is 0 Å². The van der Waals surface area contributed by atoms with Gasteiger partial charge in [0.05, 0.1) is 16.3 Å². The van der Waals surface area contributed by atoms with Gasteiger partial charge in [-0.15, -0.1) is 0 Å². The smallest absolute Gasteiger partial charge is 0.269 e. The van der Waals surface area contributed by atoms with E-state index in [0.29, 0.717) is 16.4 Å². The maximum atomic E-state index is 12.1. The fourth-order valence-electron chi connectivity index (χ4n) is 2.79. The Morgan fingerprint density at radius 2 is 2.09 bits per heavy atom. The molecule has 0 aliphatic heterocycles. The molecule has 1 fully saturated rings. The largest absolute Gasteiger partial charge is 0.388 e. The highest BCUT2D eigenvalue weighted by Gasteiger charge is 2.31. The number of benzene rings is 1. The van der Waals surface area contributed by atoms with Gasteiger partial charge in [-0.3, -0.25) is 9.89 Å². The molecule has 1 amide bonds. The van der Waals surface area contributed by atoms with Crippen molar-refractivity contribution < 1.29 is 9.90 Å². The maximum absolute atomic E-state index is 12.1. The molecule has 1 aliphatic rings. The number of carbonyl (C=O) groups is 1. The minimum atomic E-state index is -0.763. The average Bonchev–Trinajstić information content (AvgIpc) is 3.15. The predicted molar refractivity (Wildman–Crippen MR) is 84.8 cm³/mol. The summed E-state index contributed by atoms with van der Waals surface area (Å²) in [5.41, 5.74) is 0.988. The molecular formula is C16H18ClN3O2. The summed E-state index contributed by atoms with van der Waals surface area (Å²) < 4.78 is 0. The first-order valence-corrected chi connectivity index (χ1v) is 7.76. The Kier molecular flexibility index (Phi) is 4.18. The second-order valence-electron chi connectivity index (χ2n) is 5.76. The number of carbonyl (C=O) groups excluding carboxylic acids is 1. The van der Waals surface area contributed by atoms with Gasteiger partial charge in [-0.05, 0) is 25.0 Å². The predicted octanol–water partition coefficient (Wildman–Crippen LogP) is 2.76. The van der Waals surface area contributed by atoms with Crippen LogP contribution in [0.15, 0.2) is 30.3 Å². The number of rotatable bonds is 4. The van der Waals surface area contributed by atoms with Gasteiger partial charge in [-0.1, -0.05) is 42.6 Å². The second kappa shape index (κ2) is 6.10. The minimum Gasteiger partial charge on any atom is -0.388 e. The zero-order valence-corrected chi connectivity index (χ0v) is 12.9. The Hall–Kier alpha value is -1.85. The molecule has 1 aromatic heterocycles. The van der Waals surface area contributed by atoms with Crippen molar-refractivity contribution in [1.82, 2.24) is 15.5 Å². The van der Waals surface area contributed by atoms with E-state index < -0.39 is 5.60 Å². The highest BCUT2D eigenvalue weighted by atomic mass is 35.5. The first-order valence-electron chi connectivity index (χ1n) is 7.38. The van der Waals surface area contributed by atoms with Crippen molar-refractivity contribution in [2.24, 2.45) is 0 Å². The van der Waals surface area contributed by atoms with Gasteiger partial charge < -0.3 is 10.4 Å². The fraction of sp³-hybridized carbons (Fsp3) is 0.375. The Balaban J connectivity index is 1.68. The standard InChI is InChI=1S/C16H18ClN3O2/c17-12-6-2-1-5-11(12)13-9-14(20-19-13)15(21)18-10-16(22)7-3-4-8-16/h1-2,5-6,9,22H,3-4,7-8,10H2,(H,18,21)(H,19,20). The molecule has 3 rings (SSSR count). The summed E-state index contributed by atoms with van der Waals surface area (Å²) in [6.07, 6.45) is 3.49. The van der Waals surface area contributed by atoms with Crippen molar-refractivity contribution in [3.8, 4) is 11.3 Å². The van der Waals surface area contributed by atoms with E-state index in [-0.39, 0.29) is 12.5 Å². The summed E-state index contributed by atoms with van der Waals surface area (Å²) in [5.74, 6) is -0.272. The lowest BCUT2D eigenvalue weighted by molar-refractivity contribution is 0.0448. The number of aromatic amines is 1. The van der Waals surface area contributed by atoms with Gasteiger partial charge >= 0.3 is 0 Å². The molecule has 0 saturated heterocycles. The van der Waals surface area contributed by atoms with Crippen LogP contribution in [0.3, 0.4) is 0 Å². The van der Waals surface area contributed by atoms with E-state index in [1.54, 1.807) is 12.1 Å². The molecule has 0 bridgehead atoms. The first-order chi connectivity index (χ1) is 10.6. The number of aromatic nitrogens is 2. The van der Waals surface area contributed by atoms with Crippen molar-refractivity contribution in [1.29, 1.82) is 0 Å². The maximum Gasteiger partial charge on any atom is 0.269 e. The zero-order chi connectivity index (χ0) is 15.6. The van der Waals surface area contributed by atoms with Crippen LogP contribution in [-0.2, 0) is 0 Å². The van der Waals surface area contributed by atoms with Crippen molar-refractivity contribution in [3.05, 3.63) is 41.0 Å². The third kappa shape index (κ3) is 3.15. The summed E-state index contributed by atoms with van der Waals surface area (Å²) in [7, 11) is 0. The van der Waals surface area contributed by atoms with E-state index in [1.165, 1.54) is 0 Å². The number of amides is 1. The van der Waals surface area contributed by atoms with Crippen LogP contribution in [0.2, 0.25) is 5.02 Å². The molecule has 3 N–H and O–H groups in total. The number of nitrogens with zero attached hydrogens (tertiary/aromatic N) is 1. The molecule has 0 spiro atoms. The molecule has 2 aromatic rings. The van der Waals surface area contributed by atoms with Gasteiger partial charge in [-0.2, -0.15) is 5.10 Å². The second-order valence-corrected chi connectivity index (χ2v) is 6.17. The molecular weight excluding hydrogens is 302 g/mol. The lowest BCUT2D eigenvalue weighted by Crippen LogP contribution is -2.40. The highest BCUT2D eigenvalue weighted by Crippen LogP contribution is 2.29. The SMILES string of the molecule is O=C(NCC1(O)CCCC1)c1cc(-c2ccccc2Cl)n[nH]1. The molecule has 6 heteroatoms. The van der Waals surface area contributed by atoms with Gasteiger partial charge in [0.2, 0.25) is 0 Å². The Labute approximate surface area is 133 Å². The lowest BCUT2D eigenvalue weighted by Gasteiger charge is -2.21. The Bertz CT molecular complexity index is 678. The highest BCUT2D eigenvalue weighted by molar-refractivity contribution is 6.33. The number of H-pyrrole nitrogens is 1. The molecule has 0 atom stereocenters. The van der Waals surface area contributed by atoms with Gasteiger partial charge in [-0.25, -0.2) is 0 Å². The zero-order valence-electron chi connectivity index (χ0n) is 12.1. The molecule has 1 aromatic carbocycles. The lowest BCUT2D eigenvalue weighted by atomic mass is 10.0. The quantitative estimate of drug-likeness (QED) is 0.811. The van der Waals surface area contributed by atoms with Crippen LogP contribution in [0.4, 0.5) is 0 Å². The summed E-state index contributed by atoms with van der Waals surface area (Å²) in [4.78, 5) is 12.1. The molecule has 5 nitrogen and oxygen atoms in total. The molecule has 1 saturated carbocycles. The topological polar surface area (TPSA) is 78.0 Å². The average molecular weight is 320 g/mol. The van der Waals surface area contributed by atoms with E-state index in [9.17, 15) is 9.90 Å². The van der Waals surface area contributed by atoms with Crippen molar-refractivity contribution in [2.75, 3.05) is 6.54 Å². The molecule has 1 heterocycles. The third-order valence-corrected chi connectivity index (χ3v) is 4.41. The van der Waals surface area contributed by atoms with Crippen molar-refractivity contribution in [3.63, 3.8) is 0 Å². The molecule has 0 radical (unpaired) electrons. The number of halogens is 1. The molecule has 0 unspecified atom stereocenters. The normalized spacial score (nSPS) is 16.6. The molecule has 1 aliphatic carbocycles.